The maximum atomic E-state index is 7.05. The number of aromatic nitrogens is 4. The van der Waals surface area contributed by atoms with Gasteiger partial charge in [-0.15, -0.1) is 0 Å². The van der Waals surface area contributed by atoms with Crippen LogP contribution in [0.5, 0.6) is 23.8 Å². The van der Waals surface area contributed by atoms with Gasteiger partial charge in [0.1, 0.15) is 0 Å². The molecule has 2 aromatic rings. The number of halogens is 2. The van der Waals surface area contributed by atoms with Gasteiger partial charge in [-0.1, -0.05) is 0 Å². The van der Waals surface area contributed by atoms with Crippen LogP contribution in [0.2, 0.25) is 10.3 Å². The molecule has 0 bridgehead atoms. The molecule has 0 saturated carbocycles. The monoisotopic (exact) mass is 683 g/mol. The second kappa shape index (κ2) is 18.3. The fourth-order valence-electron chi connectivity index (χ4n) is 4.18. The maximum absolute atomic E-state index is 7.05. The van der Waals surface area contributed by atoms with E-state index in [2.05, 4.69) is 83.6 Å². The third-order valence-electron chi connectivity index (χ3n) is 6.94. The van der Waals surface area contributed by atoms with Gasteiger partial charge in [-0.25, -0.2) is 0 Å². The molecule has 2 heterocycles. The molecule has 1 aliphatic rings. The Kier molecular flexibility index (Phi) is 15.2. The van der Waals surface area contributed by atoms with E-state index in [0.29, 0.717) is 72.2 Å². The van der Waals surface area contributed by atoms with Gasteiger partial charge in [0.05, 0.1) is 0 Å². The molecule has 0 radical (unpaired) electrons. The Morgan fingerprint density at radius 2 is 1.00 bits per heavy atom. The quantitative estimate of drug-likeness (QED) is 0.110. The summed E-state index contributed by atoms with van der Waals surface area (Å²) < 4.78 is 27.3. The first kappa shape index (κ1) is 36.6. The van der Waals surface area contributed by atoms with E-state index in [1.54, 1.807) is 0 Å². The van der Waals surface area contributed by atoms with Crippen LogP contribution in [0.1, 0.15) is 87.5 Å². The fourth-order valence-corrected chi connectivity index (χ4v) is 9.46. The van der Waals surface area contributed by atoms with Crippen LogP contribution in [0.15, 0.2) is 22.1 Å². The van der Waals surface area contributed by atoms with Crippen molar-refractivity contribution in [2.75, 3.05) is 26.4 Å². The molecule has 0 saturated heterocycles. The van der Waals surface area contributed by atoms with E-state index in [1.165, 1.54) is 3.88 Å². The number of hydrogen-bond acceptors (Lipinski definition) is 8. The Balaban J connectivity index is 2.15. The third kappa shape index (κ3) is 11.5. The molecule has 0 fully saturated rings. The Morgan fingerprint density at radius 1 is 0.614 bits per heavy atom. The molecule has 2 aromatic heterocycles. The summed E-state index contributed by atoms with van der Waals surface area (Å²) in [6.45, 7) is 19.2. The molecule has 0 amide bonds. The Morgan fingerprint density at radius 3 is 1.34 bits per heavy atom. The topological polar surface area (TPSA) is 88.5 Å². The summed E-state index contributed by atoms with van der Waals surface area (Å²) in [7, 11) is 0. The van der Waals surface area contributed by atoms with Crippen LogP contribution < -0.4 is 26.7 Å². The zero-order valence-electron chi connectivity index (χ0n) is 27.6. The van der Waals surface area contributed by atoms with Gasteiger partial charge < -0.3 is 0 Å². The number of hydrogen-bond donors (Lipinski definition) is 0. The zero-order chi connectivity index (χ0) is 32.2. The van der Waals surface area contributed by atoms with Crippen LogP contribution in [-0.4, -0.2) is 46.4 Å². The number of rotatable bonds is 19. The minimum atomic E-state index is -2.89. The molecule has 3 rings (SSSR count). The van der Waals surface area contributed by atoms with Crippen LogP contribution in [0.3, 0.4) is 0 Å². The van der Waals surface area contributed by atoms with Crippen molar-refractivity contribution in [3.63, 3.8) is 0 Å². The Bertz CT molecular complexity index is 1190. The van der Waals surface area contributed by atoms with Crippen molar-refractivity contribution in [3.8, 4) is 23.8 Å². The molecule has 0 aliphatic heterocycles. The van der Waals surface area contributed by atoms with Gasteiger partial charge >= 0.3 is 281 Å². The van der Waals surface area contributed by atoms with Crippen molar-refractivity contribution in [2.24, 2.45) is 23.7 Å². The van der Waals surface area contributed by atoms with Gasteiger partial charge in [-0.3, -0.25) is 0 Å². The SMILES string of the molecule is CC(C)CCOc1nc(Cl)[c]([Ti]([C]2=CC=CC2)[c]2c(Cl)nc(OCCC(C)C)nc2OCCC(C)C)c(OCCC(C)C)n1. The molecular weight excluding hydrogens is 635 g/mol. The number of allylic oxidation sites excluding steroid dienone is 4. The molecule has 44 heavy (non-hydrogen) atoms. The van der Waals surface area contributed by atoms with Gasteiger partial charge in [-0.2, -0.15) is 0 Å². The normalized spacial score (nSPS) is 12.9. The van der Waals surface area contributed by atoms with E-state index in [4.69, 9.17) is 52.1 Å². The van der Waals surface area contributed by atoms with Gasteiger partial charge in [0.25, 0.3) is 0 Å². The van der Waals surface area contributed by atoms with E-state index < -0.39 is 17.9 Å². The van der Waals surface area contributed by atoms with E-state index >= 15 is 0 Å². The van der Waals surface area contributed by atoms with Crippen LogP contribution in [0.25, 0.3) is 0 Å². The summed E-state index contributed by atoms with van der Waals surface area (Å²) >= 11 is 11.2. The van der Waals surface area contributed by atoms with E-state index in [9.17, 15) is 0 Å². The number of ether oxygens (including phenoxy) is 4. The Hall–Kier alpha value is -1.87. The molecule has 0 spiro atoms. The van der Waals surface area contributed by atoms with Crippen LogP contribution in [-0.2, 0) is 17.9 Å². The molecule has 0 N–H and O–H groups in total. The molecule has 8 nitrogen and oxygen atoms in total. The van der Waals surface area contributed by atoms with Crippen LogP contribution in [0, 0.1) is 23.7 Å². The summed E-state index contributed by atoms with van der Waals surface area (Å²) in [6.07, 6.45) is 10.5. The van der Waals surface area contributed by atoms with Gasteiger partial charge in [0.15, 0.2) is 0 Å². The van der Waals surface area contributed by atoms with Crippen molar-refractivity contribution in [1.82, 2.24) is 19.9 Å². The molecule has 11 heteroatoms. The standard InChI is InChI=1S/2C14H22ClN2O2.C5H5.Ti/c2*1-10(2)5-7-18-13-9-12(15)16-14(17-13)19-8-6-11(3)4;1-2-4-5-3-1;/h2*10-11H,5-8H2,1-4H3;1-3H,4H2;. The van der Waals surface area contributed by atoms with Gasteiger partial charge in [0, 0.05) is 0 Å². The van der Waals surface area contributed by atoms with E-state index in [1.807, 2.05) is 0 Å². The first-order chi connectivity index (χ1) is 21.0. The summed E-state index contributed by atoms with van der Waals surface area (Å²) in [5.74, 6) is 2.74. The minimum absolute atomic E-state index is 0.208. The summed E-state index contributed by atoms with van der Waals surface area (Å²) in [6, 6.07) is 0.416. The predicted octanol–water partition coefficient (Wildman–Crippen LogP) is 7.69. The van der Waals surface area contributed by atoms with Crippen molar-refractivity contribution in [1.29, 1.82) is 0 Å². The molecule has 1 aliphatic carbocycles. The van der Waals surface area contributed by atoms with Crippen molar-refractivity contribution >= 4 is 30.9 Å². The van der Waals surface area contributed by atoms with Crippen molar-refractivity contribution in [2.45, 2.75) is 87.5 Å². The Labute approximate surface area is 280 Å². The number of nitrogens with zero attached hydrogens (tertiary/aromatic N) is 4. The average Bonchev–Trinajstić information content (AvgIpc) is 3.45. The molecule has 0 atom stereocenters. The van der Waals surface area contributed by atoms with Gasteiger partial charge in [-0.05, 0) is 0 Å². The summed E-state index contributed by atoms with van der Waals surface area (Å²) in [5.41, 5.74) is 0. The van der Waals surface area contributed by atoms with Crippen molar-refractivity contribution < 1.29 is 36.8 Å². The van der Waals surface area contributed by atoms with Crippen LogP contribution in [0.4, 0.5) is 0 Å². The first-order valence-corrected chi connectivity index (χ1v) is 19.0. The van der Waals surface area contributed by atoms with Gasteiger partial charge in [0.2, 0.25) is 0 Å². The fraction of sp³-hybridized carbons (Fsp3) is 0.636. The summed E-state index contributed by atoms with van der Waals surface area (Å²) in [5, 5.41) is 0.590. The second-order valence-electron chi connectivity index (χ2n) is 12.8. The molecule has 243 valence electrons. The molecular formula is C33H49Cl2N4O4Ti. The van der Waals surface area contributed by atoms with E-state index in [0.717, 1.165) is 39.8 Å². The molecule has 0 aromatic carbocycles. The van der Waals surface area contributed by atoms with E-state index in [-0.39, 0.29) is 12.0 Å². The third-order valence-corrected chi connectivity index (χ3v) is 12.5. The first-order valence-electron chi connectivity index (χ1n) is 15.9. The zero-order valence-corrected chi connectivity index (χ0v) is 30.7. The average molecular weight is 685 g/mol. The molecule has 0 unspecified atom stereocenters. The predicted molar refractivity (Wildman–Crippen MR) is 175 cm³/mol. The second-order valence-corrected chi connectivity index (χ2v) is 17.2. The van der Waals surface area contributed by atoms with Crippen molar-refractivity contribution in [3.05, 3.63) is 32.4 Å². The van der Waals surface area contributed by atoms with Crippen LogP contribution >= 0.6 is 23.2 Å². The summed E-state index contributed by atoms with van der Waals surface area (Å²) in [4.78, 5) is 18.8.